The van der Waals surface area contributed by atoms with Gasteiger partial charge in [0.25, 0.3) is 5.91 Å². The third-order valence-electron chi connectivity index (χ3n) is 3.96. The summed E-state index contributed by atoms with van der Waals surface area (Å²) in [4.78, 5) is 22.5. The van der Waals surface area contributed by atoms with Gasteiger partial charge >= 0.3 is 6.18 Å². The van der Waals surface area contributed by atoms with E-state index >= 15 is 0 Å². The molecule has 0 saturated heterocycles. The van der Waals surface area contributed by atoms with Crippen LogP contribution in [0.3, 0.4) is 0 Å². The number of anilines is 2. The van der Waals surface area contributed by atoms with Crippen LogP contribution >= 0.6 is 0 Å². The number of benzene rings is 2. The minimum Gasteiger partial charge on any atom is -0.340 e. The van der Waals surface area contributed by atoms with Crippen LogP contribution in [0.15, 0.2) is 66.9 Å². The Morgan fingerprint density at radius 3 is 2.43 bits per heavy atom. The van der Waals surface area contributed by atoms with Gasteiger partial charge in [0.2, 0.25) is 5.95 Å². The molecule has 1 aromatic heterocycles. The van der Waals surface area contributed by atoms with Gasteiger partial charge < -0.3 is 10.2 Å². The predicted octanol–water partition coefficient (Wildman–Crippen LogP) is 4.38. The molecule has 28 heavy (non-hydrogen) atoms. The van der Waals surface area contributed by atoms with Crippen molar-refractivity contribution in [3.63, 3.8) is 0 Å². The molecule has 8 heteroatoms. The van der Waals surface area contributed by atoms with E-state index in [9.17, 15) is 18.0 Å². The highest BCUT2D eigenvalue weighted by molar-refractivity contribution is 6.03. The summed E-state index contributed by atoms with van der Waals surface area (Å²) in [5.74, 6) is -0.450. The fourth-order valence-corrected chi connectivity index (χ4v) is 2.61. The summed E-state index contributed by atoms with van der Waals surface area (Å²) in [5.41, 5.74) is -0.235. The zero-order chi connectivity index (χ0) is 20.1. The lowest BCUT2D eigenvalue weighted by atomic mass is 10.1. The average molecular weight is 386 g/mol. The number of carbonyl (C=O) groups excluding carboxylic acids is 1. The second kappa shape index (κ2) is 8.08. The first kappa shape index (κ1) is 19.3. The number of carbonyl (C=O) groups is 1. The number of aromatic nitrogens is 2. The molecule has 5 nitrogen and oxygen atoms in total. The van der Waals surface area contributed by atoms with Gasteiger partial charge in [0.1, 0.15) is 5.69 Å². The van der Waals surface area contributed by atoms with Crippen LogP contribution in [0.5, 0.6) is 0 Å². The summed E-state index contributed by atoms with van der Waals surface area (Å²) in [6.45, 7) is 0.517. The first-order chi connectivity index (χ1) is 13.3. The first-order valence-electron chi connectivity index (χ1n) is 8.40. The SMILES string of the molecule is CN(Cc1ccccc1)c1nccc(C(=O)Nc2ccccc2C(F)(F)F)n1. The Morgan fingerprint density at radius 1 is 1.04 bits per heavy atom. The van der Waals surface area contributed by atoms with Gasteiger partial charge in [0.05, 0.1) is 11.3 Å². The molecule has 1 amide bonds. The Labute approximate surface area is 159 Å². The molecule has 0 spiro atoms. The lowest BCUT2D eigenvalue weighted by Gasteiger charge is -2.18. The molecule has 0 aliphatic carbocycles. The first-order valence-corrected chi connectivity index (χ1v) is 8.40. The highest BCUT2D eigenvalue weighted by Crippen LogP contribution is 2.34. The van der Waals surface area contributed by atoms with E-state index in [1.165, 1.54) is 30.5 Å². The third-order valence-corrected chi connectivity index (χ3v) is 3.96. The summed E-state index contributed by atoms with van der Waals surface area (Å²) in [7, 11) is 1.77. The largest absolute Gasteiger partial charge is 0.418 e. The van der Waals surface area contributed by atoms with Gasteiger partial charge in [-0.2, -0.15) is 13.2 Å². The second-order valence-corrected chi connectivity index (χ2v) is 6.08. The predicted molar refractivity (Wildman–Crippen MR) is 100.0 cm³/mol. The van der Waals surface area contributed by atoms with Gasteiger partial charge in [-0.25, -0.2) is 9.97 Å². The quantitative estimate of drug-likeness (QED) is 0.707. The summed E-state index contributed by atoms with van der Waals surface area (Å²) >= 11 is 0. The second-order valence-electron chi connectivity index (χ2n) is 6.08. The Kier molecular flexibility index (Phi) is 5.58. The zero-order valence-corrected chi connectivity index (χ0v) is 14.9. The molecule has 2 aromatic carbocycles. The van der Waals surface area contributed by atoms with Crippen LogP contribution in [0.2, 0.25) is 0 Å². The highest BCUT2D eigenvalue weighted by atomic mass is 19.4. The van der Waals surface area contributed by atoms with E-state index in [1.807, 2.05) is 30.3 Å². The molecule has 0 radical (unpaired) electrons. The fraction of sp³-hybridized carbons (Fsp3) is 0.150. The van der Waals surface area contributed by atoms with Gasteiger partial charge in [-0.05, 0) is 23.8 Å². The topological polar surface area (TPSA) is 58.1 Å². The maximum atomic E-state index is 13.1. The van der Waals surface area contributed by atoms with Crippen LogP contribution in [-0.2, 0) is 12.7 Å². The van der Waals surface area contributed by atoms with Crippen LogP contribution in [0.25, 0.3) is 0 Å². The number of halogens is 3. The maximum absolute atomic E-state index is 13.1. The van der Waals surface area contributed by atoms with Crippen molar-refractivity contribution in [3.8, 4) is 0 Å². The highest BCUT2D eigenvalue weighted by Gasteiger charge is 2.33. The van der Waals surface area contributed by atoms with E-state index in [4.69, 9.17) is 0 Å². The Bertz CT molecular complexity index is 961. The molecular formula is C20H17F3N4O. The van der Waals surface area contributed by atoms with E-state index in [2.05, 4.69) is 15.3 Å². The number of amides is 1. The van der Waals surface area contributed by atoms with Crippen molar-refractivity contribution < 1.29 is 18.0 Å². The van der Waals surface area contributed by atoms with Crippen molar-refractivity contribution in [3.05, 3.63) is 83.7 Å². The van der Waals surface area contributed by atoms with Crippen molar-refractivity contribution in [1.82, 2.24) is 9.97 Å². The molecule has 0 unspecified atom stereocenters. The standard InChI is InChI=1S/C20H17F3N4O/c1-27(13-14-7-3-2-4-8-14)19-24-12-11-17(26-19)18(28)25-16-10-6-5-9-15(16)20(21,22)23/h2-12H,13H2,1H3,(H,25,28). The Hall–Kier alpha value is -3.42. The molecule has 1 heterocycles. The van der Waals surface area contributed by atoms with Crippen LogP contribution in [0.1, 0.15) is 21.6 Å². The van der Waals surface area contributed by atoms with Gasteiger partial charge in [-0.1, -0.05) is 42.5 Å². The fourth-order valence-electron chi connectivity index (χ4n) is 2.61. The van der Waals surface area contributed by atoms with Crippen LogP contribution in [0.4, 0.5) is 24.8 Å². The molecule has 0 aliphatic rings. The zero-order valence-electron chi connectivity index (χ0n) is 14.9. The van der Waals surface area contributed by atoms with E-state index in [0.29, 0.717) is 12.5 Å². The number of rotatable bonds is 5. The Balaban J connectivity index is 1.78. The van der Waals surface area contributed by atoms with Crippen molar-refractivity contribution in [2.75, 3.05) is 17.3 Å². The number of para-hydroxylation sites is 1. The monoisotopic (exact) mass is 386 g/mol. The summed E-state index contributed by atoms with van der Waals surface area (Å²) < 4.78 is 39.3. The minimum absolute atomic E-state index is 0.0260. The molecule has 1 N–H and O–H groups in total. The molecule has 0 saturated carbocycles. The van der Waals surface area contributed by atoms with Gasteiger partial charge in [0.15, 0.2) is 0 Å². The third kappa shape index (κ3) is 4.64. The molecule has 0 aliphatic heterocycles. The number of hydrogen-bond acceptors (Lipinski definition) is 4. The summed E-state index contributed by atoms with van der Waals surface area (Å²) in [6, 6.07) is 15.8. The number of hydrogen-bond donors (Lipinski definition) is 1. The van der Waals surface area contributed by atoms with E-state index in [0.717, 1.165) is 11.6 Å². The summed E-state index contributed by atoms with van der Waals surface area (Å²) in [5, 5.41) is 2.28. The number of nitrogens with one attached hydrogen (secondary N) is 1. The smallest absolute Gasteiger partial charge is 0.340 e. The van der Waals surface area contributed by atoms with Gasteiger partial charge in [-0.3, -0.25) is 4.79 Å². The van der Waals surface area contributed by atoms with Crippen molar-refractivity contribution >= 4 is 17.5 Å². The van der Waals surface area contributed by atoms with Crippen molar-refractivity contribution in [1.29, 1.82) is 0 Å². The lowest BCUT2D eigenvalue weighted by Crippen LogP contribution is -2.22. The number of alkyl halides is 3. The van der Waals surface area contributed by atoms with Crippen LogP contribution < -0.4 is 10.2 Å². The van der Waals surface area contributed by atoms with Crippen molar-refractivity contribution in [2.45, 2.75) is 12.7 Å². The molecule has 3 rings (SSSR count). The van der Waals surface area contributed by atoms with Gasteiger partial charge in [-0.15, -0.1) is 0 Å². The molecule has 144 valence electrons. The lowest BCUT2D eigenvalue weighted by molar-refractivity contribution is -0.136. The molecule has 0 fully saturated rings. The molecule has 0 bridgehead atoms. The molecular weight excluding hydrogens is 369 g/mol. The number of nitrogens with zero attached hydrogens (tertiary/aromatic N) is 3. The Morgan fingerprint density at radius 2 is 1.71 bits per heavy atom. The van der Waals surface area contributed by atoms with Crippen LogP contribution in [-0.4, -0.2) is 22.9 Å². The average Bonchev–Trinajstić information content (AvgIpc) is 2.68. The molecule has 3 aromatic rings. The van der Waals surface area contributed by atoms with E-state index in [-0.39, 0.29) is 11.4 Å². The van der Waals surface area contributed by atoms with Crippen LogP contribution in [0, 0.1) is 0 Å². The van der Waals surface area contributed by atoms with E-state index < -0.39 is 17.6 Å². The van der Waals surface area contributed by atoms with E-state index in [1.54, 1.807) is 11.9 Å². The minimum atomic E-state index is -4.57. The summed E-state index contributed by atoms with van der Waals surface area (Å²) in [6.07, 6.45) is -3.18. The van der Waals surface area contributed by atoms with Gasteiger partial charge in [0, 0.05) is 19.8 Å². The van der Waals surface area contributed by atoms with Crippen molar-refractivity contribution in [2.24, 2.45) is 0 Å². The maximum Gasteiger partial charge on any atom is 0.418 e. The normalized spacial score (nSPS) is 11.1. The molecule has 0 atom stereocenters.